The van der Waals surface area contributed by atoms with E-state index in [1.807, 2.05) is 24.3 Å². The lowest BCUT2D eigenvalue weighted by atomic mass is 10.1. The minimum Gasteiger partial charge on any atom is -0.489 e. The van der Waals surface area contributed by atoms with Gasteiger partial charge in [-0.2, -0.15) is 0 Å². The van der Waals surface area contributed by atoms with Gasteiger partial charge in [0.15, 0.2) is 5.96 Å². The summed E-state index contributed by atoms with van der Waals surface area (Å²) >= 11 is 0. The Balaban J connectivity index is 0.00000364. The summed E-state index contributed by atoms with van der Waals surface area (Å²) in [6.07, 6.45) is 5.05. The predicted octanol–water partition coefficient (Wildman–Crippen LogP) is 3.12. The van der Waals surface area contributed by atoms with Gasteiger partial charge in [-0.25, -0.2) is 0 Å². The van der Waals surface area contributed by atoms with Crippen LogP contribution in [0.5, 0.6) is 5.75 Å². The normalized spacial score (nSPS) is 14.9. The smallest absolute Gasteiger partial charge is 0.191 e. The molecule has 0 radical (unpaired) electrons. The number of rotatable bonds is 10. The van der Waals surface area contributed by atoms with E-state index in [-0.39, 0.29) is 24.0 Å². The minimum atomic E-state index is 0. The molecule has 1 saturated heterocycles. The van der Waals surface area contributed by atoms with Gasteiger partial charge in [0, 0.05) is 45.5 Å². The Labute approximate surface area is 179 Å². The second kappa shape index (κ2) is 14.7. The Bertz CT molecular complexity index is 563. The van der Waals surface area contributed by atoms with Gasteiger partial charge < -0.3 is 24.8 Å². The summed E-state index contributed by atoms with van der Waals surface area (Å²) in [4.78, 5) is 4.26. The highest BCUT2D eigenvalue weighted by atomic mass is 127. The van der Waals surface area contributed by atoms with Crippen LogP contribution in [-0.2, 0) is 16.0 Å². The molecule has 1 aliphatic rings. The average Bonchev–Trinajstić information content (AvgIpc) is 2.70. The van der Waals surface area contributed by atoms with Crippen molar-refractivity contribution in [2.45, 2.75) is 31.9 Å². The summed E-state index contributed by atoms with van der Waals surface area (Å²) in [6, 6.07) is 7.97. The van der Waals surface area contributed by atoms with Gasteiger partial charge in [-0.1, -0.05) is 30.9 Å². The molecule has 1 heterocycles. The summed E-state index contributed by atoms with van der Waals surface area (Å²) in [6.45, 7) is 8.03. The van der Waals surface area contributed by atoms with Crippen molar-refractivity contribution in [3.63, 3.8) is 0 Å². The Kier molecular flexibility index (Phi) is 12.9. The van der Waals surface area contributed by atoms with E-state index in [9.17, 15) is 0 Å². The number of ether oxygens (including phenoxy) is 3. The number of halogens is 1. The number of guanidine groups is 1. The molecule has 1 aromatic carbocycles. The van der Waals surface area contributed by atoms with Crippen LogP contribution in [0.4, 0.5) is 0 Å². The van der Waals surface area contributed by atoms with Crippen molar-refractivity contribution in [3.05, 3.63) is 42.5 Å². The molecule has 1 aliphatic heterocycles. The van der Waals surface area contributed by atoms with Crippen molar-refractivity contribution in [2.75, 3.05) is 40.0 Å². The zero-order chi connectivity index (χ0) is 18.5. The van der Waals surface area contributed by atoms with Gasteiger partial charge in [0.05, 0.1) is 6.10 Å². The molecule has 0 amide bonds. The van der Waals surface area contributed by atoms with Crippen LogP contribution >= 0.6 is 24.0 Å². The molecule has 2 N–H and O–H groups in total. The van der Waals surface area contributed by atoms with Crippen LogP contribution < -0.4 is 15.4 Å². The molecule has 0 aromatic heterocycles. The highest BCUT2D eigenvalue weighted by Crippen LogP contribution is 2.17. The molecule has 0 saturated carbocycles. The lowest BCUT2D eigenvalue weighted by molar-refractivity contribution is -0.0320. The molecule has 0 aliphatic carbocycles. The molecule has 27 heavy (non-hydrogen) atoms. The number of aliphatic imine (C=N–C) groups is 1. The van der Waals surface area contributed by atoms with E-state index in [4.69, 9.17) is 14.2 Å². The highest BCUT2D eigenvalue weighted by Gasteiger charge is 2.13. The Morgan fingerprint density at radius 1 is 1.30 bits per heavy atom. The van der Waals surface area contributed by atoms with Gasteiger partial charge in [0.25, 0.3) is 0 Å². The Hall–Kier alpha value is -1.32. The molecule has 152 valence electrons. The number of nitrogens with one attached hydrogen (secondary N) is 2. The first-order chi connectivity index (χ1) is 12.8. The molecule has 1 aromatic rings. The van der Waals surface area contributed by atoms with E-state index < -0.39 is 0 Å². The maximum atomic E-state index is 5.88. The number of hydrogen-bond acceptors (Lipinski definition) is 4. The standard InChI is InChI=1S/C20H31N3O3.HI/c1-3-12-26-19-8-5-4-7-17(19)16-23-20(21-2)22-11-6-13-25-18-9-14-24-15-10-18;/h3-5,7-8,18H,1,6,9-16H2,2H3,(H2,21,22,23);1H. The topological polar surface area (TPSA) is 64.1 Å². The van der Waals surface area contributed by atoms with Crippen LogP contribution in [0.25, 0.3) is 0 Å². The minimum absolute atomic E-state index is 0. The Morgan fingerprint density at radius 3 is 2.81 bits per heavy atom. The SMILES string of the molecule is C=CCOc1ccccc1CNC(=NC)NCCCOC1CCOCC1.I. The molecule has 2 rings (SSSR count). The van der Waals surface area contributed by atoms with Crippen molar-refractivity contribution >= 4 is 29.9 Å². The van der Waals surface area contributed by atoms with Crippen LogP contribution in [0.15, 0.2) is 41.9 Å². The van der Waals surface area contributed by atoms with Gasteiger partial charge in [0.1, 0.15) is 12.4 Å². The molecule has 0 bridgehead atoms. The van der Waals surface area contributed by atoms with E-state index in [1.165, 1.54) is 0 Å². The van der Waals surface area contributed by atoms with E-state index in [0.29, 0.717) is 19.3 Å². The van der Waals surface area contributed by atoms with Gasteiger partial charge >= 0.3 is 0 Å². The Morgan fingerprint density at radius 2 is 2.07 bits per heavy atom. The predicted molar refractivity (Wildman–Crippen MR) is 120 cm³/mol. The van der Waals surface area contributed by atoms with Gasteiger partial charge in [-0.15, -0.1) is 24.0 Å². The van der Waals surface area contributed by atoms with Gasteiger partial charge in [-0.05, 0) is 25.3 Å². The molecule has 7 heteroatoms. The summed E-state index contributed by atoms with van der Waals surface area (Å²) in [5.74, 6) is 1.63. The maximum absolute atomic E-state index is 5.88. The monoisotopic (exact) mass is 489 g/mol. The fourth-order valence-electron chi connectivity index (χ4n) is 2.71. The zero-order valence-electron chi connectivity index (χ0n) is 16.1. The first-order valence-corrected chi connectivity index (χ1v) is 9.29. The first kappa shape index (κ1) is 23.7. The molecule has 0 atom stereocenters. The molecule has 1 fully saturated rings. The van der Waals surface area contributed by atoms with Crippen LogP contribution in [0.2, 0.25) is 0 Å². The summed E-state index contributed by atoms with van der Waals surface area (Å²) in [7, 11) is 1.77. The van der Waals surface area contributed by atoms with Crippen LogP contribution in [0.3, 0.4) is 0 Å². The van der Waals surface area contributed by atoms with Crippen molar-refractivity contribution in [3.8, 4) is 5.75 Å². The highest BCUT2D eigenvalue weighted by molar-refractivity contribution is 14.0. The lowest BCUT2D eigenvalue weighted by Crippen LogP contribution is -2.37. The summed E-state index contributed by atoms with van der Waals surface area (Å²) < 4.78 is 16.9. The third kappa shape index (κ3) is 9.44. The van der Waals surface area contributed by atoms with E-state index in [0.717, 1.165) is 62.9 Å². The zero-order valence-corrected chi connectivity index (χ0v) is 18.4. The largest absolute Gasteiger partial charge is 0.489 e. The van der Waals surface area contributed by atoms with Gasteiger partial charge in [-0.3, -0.25) is 4.99 Å². The van der Waals surface area contributed by atoms with Crippen molar-refractivity contribution in [1.29, 1.82) is 0 Å². The second-order valence-electron chi connectivity index (χ2n) is 6.10. The van der Waals surface area contributed by atoms with E-state index >= 15 is 0 Å². The van der Waals surface area contributed by atoms with Crippen molar-refractivity contribution in [1.82, 2.24) is 10.6 Å². The van der Waals surface area contributed by atoms with E-state index in [1.54, 1.807) is 13.1 Å². The molecule has 6 nitrogen and oxygen atoms in total. The third-order valence-corrected chi connectivity index (χ3v) is 4.13. The molecule has 0 spiro atoms. The fourth-order valence-corrected chi connectivity index (χ4v) is 2.71. The van der Waals surface area contributed by atoms with Crippen LogP contribution in [-0.4, -0.2) is 52.1 Å². The lowest BCUT2D eigenvalue weighted by Gasteiger charge is -2.22. The van der Waals surface area contributed by atoms with Gasteiger partial charge in [0.2, 0.25) is 0 Å². The van der Waals surface area contributed by atoms with Crippen LogP contribution in [0, 0.1) is 0 Å². The average molecular weight is 489 g/mol. The summed E-state index contributed by atoms with van der Waals surface area (Å²) in [5, 5.41) is 6.64. The third-order valence-electron chi connectivity index (χ3n) is 4.13. The number of para-hydroxylation sites is 1. The van der Waals surface area contributed by atoms with E-state index in [2.05, 4.69) is 22.2 Å². The van der Waals surface area contributed by atoms with Crippen molar-refractivity contribution < 1.29 is 14.2 Å². The fraction of sp³-hybridized carbons (Fsp3) is 0.550. The maximum Gasteiger partial charge on any atom is 0.191 e. The molecular weight excluding hydrogens is 457 g/mol. The second-order valence-corrected chi connectivity index (χ2v) is 6.10. The molecule has 0 unspecified atom stereocenters. The number of benzene rings is 1. The number of nitrogens with zero attached hydrogens (tertiary/aromatic N) is 1. The van der Waals surface area contributed by atoms with Crippen LogP contribution in [0.1, 0.15) is 24.8 Å². The van der Waals surface area contributed by atoms with Crippen molar-refractivity contribution in [2.24, 2.45) is 4.99 Å². The molecular formula is C20H32IN3O3. The summed E-state index contributed by atoms with van der Waals surface area (Å²) in [5.41, 5.74) is 1.08. The number of hydrogen-bond donors (Lipinski definition) is 2. The quantitative estimate of drug-likeness (QED) is 0.174. The first-order valence-electron chi connectivity index (χ1n) is 9.29.